The lowest BCUT2D eigenvalue weighted by Crippen LogP contribution is -2.07. The maximum absolute atomic E-state index is 11.9. The lowest BCUT2D eigenvalue weighted by molar-refractivity contribution is 0.0973. The molecule has 1 aromatic carbocycles. The molecule has 0 atom stereocenters. The monoisotopic (exact) mass is 279 g/mol. The Morgan fingerprint density at radius 2 is 2.05 bits per heavy atom. The SMILES string of the molecule is Cn1nc(Cn2cc3c(c2)C(=O)CCC3)c2ccccc21. The zero-order chi connectivity index (χ0) is 14.4. The minimum absolute atomic E-state index is 0.279. The fraction of sp³-hybridized carbons (Fsp3) is 0.294. The molecule has 2 aromatic heterocycles. The second-order valence-electron chi connectivity index (χ2n) is 5.73. The molecule has 3 aromatic rings. The number of fused-ring (bicyclic) bond motifs is 2. The van der Waals surface area contributed by atoms with Crippen LogP contribution in [0.1, 0.15) is 34.5 Å². The van der Waals surface area contributed by atoms with Crippen LogP contribution < -0.4 is 0 Å². The smallest absolute Gasteiger partial charge is 0.164 e. The molecule has 0 unspecified atom stereocenters. The molecule has 0 spiro atoms. The van der Waals surface area contributed by atoms with Gasteiger partial charge in [0.1, 0.15) is 0 Å². The lowest BCUT2D eigenvalue weighted by Gasteiger charge is -2.07. The zero-order valence-electron chi connectivity index (χ0n) is 12.0. The van der Waals surface area contributed by atoms with Crippen LogP contribution in [0.3, 0.4) is 0 Å². The van der Waals surface area contributed by atoms with E-state index in [-0.39, 0.29) is 5.78 Å². The van der Waals surface area contributed by atoms with Crippen LogP contribution in [0.2, 0.25) is 0 Å². The Labute approximate surface area is 123 Å². The van der Waals surface area contributed by atoms with E-state index in [4.69, 9.17) is 0 Å². The highest BCUT2D eigenvalue weighted by Crippen LogP contribution is 2.24. The maximum Gasteiger partial charge on any atom is 0.164 e. The number of hydrogen-bond donors (Lipinski definition) is 0. The molecule has 0 radical (unpaired) electrons. The quantitative estimate of drug-likeness (QED) is 0.723. The van der Waals surface area contributed by atoms with Crippen molar-refractivity contribution in [2.75, 3.05) is 0 Å². The number of carbonyl (C=O) groups excluding carboxylic acids is 1. The maximum atomic E-state index is 11.9. The van der Waals surface area contributed by atoms with Gasteiger partial charge in [-0.05, 0) is 24.5 Å². The van der Waals surface area contributed by atoms with Gasteiger partial charge in [-0.1, -0.05) is 18.2 Å². The molecule has 21 heavy (non-hydrogen) atoms. The minimum Gasteiger partial charge on any atom is -0.347 e. The van der Waals surface area contributed by atoms with E-state index < -0.39 is 0 Å². The third-order valence-corrected chi connectivity index (χ3v) is 4.28. The second kappa shape index (κ2) is 4.58. The highest BCUT2D eigenvalue weighted by Gasteiger charge is 2.19. The van der Waals surface area contributed by atoms with E-state index in [0.29, 0.717) is 13.0 Å². The summed E-state index contributed by atoms with van der Waals surface area (Å²) >= 11 is 0. The van der Waals surface area contributed by atoms with Crippen LogP contribution in [0.5, 0.6) is 0 Å². The molecule has 0 aliphatic heterocycles. The highest BCUT2D eigenvalue weighted by atomic mass is 16.1. The van der Waals surface area contributed by atoms with Gasteiger partial charge in [0.25, 0.3) is 0 Å². The number of ketones is 1. The summed E-state index contributed by atoms with van der Waals surface area (Å²) in [5.74, 6) is 0.279. The summed E-state index contributed by atoms with van der Waals surface area (Å²) in [6, 6.07) is 8.25. The van der Waals surface area contributed by atoms with Crippen LogP contribution in [-0.2, 0) is 20.0 Å². The summed E-state index contributed by atoms with van der Waals surface area (Å²) in [5.41, 5.74) is 4.28. The predicted molar refractivity (Wildman–Crippen MR) is 81.5 cm³/mol. The predicted octanol–water partition coefficient (Wildman–Crippen LogP) is 2.94. The molecule has 0 N–H and O–H groups in total. The number of benzene rings is 1. The van der Waals surface area contributed by atoms with E-state index in [1.807, 2.05) is 30.1 Å². The van der Waals surface area contributed by atoms with Gasteiger partial charge in [-0.15, -0.1) is 0 Å². The van der Waals surface area contributed by atoms with Gasteiger partial charge in [0.15, 0.2) is 5.78 Å². The largest absolute Gasteiger partial charge is 0.347 e. The summed E-state index contributed by atoms with van der Waals surface area (Å²) in [5, 5.41) is 5.80. The number of para-hydroxylation sites is 1. The van der Waals surface area contributed by atoms with Crippen LogP contribution >= 0.6 is 0 Å². The van der Waals surface area contributed by atoms with Crippen LogP contribution in [-0.4, -0.2) is 20.1 Å². The molecule has 0 saturated carbocycles. The molecular formula is C17H17N3O. The van der Waals surface area contributed by atoms with E-state index >= 15 is 0 Å². The van der Waals surface area contributed by atoms with Gasteiger partial charge in [0, 0.05) is 36.8 Å². The molecule has 0 bridgehead atoms. The van der Waals surface area contributed by atoms with Gasteiger partial charge < -0.3 is 4.57 Å². The zero-order valence-corrected chi connectivity index (χ0v) is 12.0. The summed E-state index contributed by atoms with van der Waals surface area (Å²) in [4.78, 5) is 11.9. The summed E-state index contributed by atoms with van der Waals surface area (Å²) in [6.07, 6.45) is 6.76. The number of aromatic nitrogens is 3. The van der Waals surface area contributed by atoms with E-state index in [0.717, 1.165) is 29.6 Å². The summed E-state index contributed by atoms with van der Waals surface area (Å²) in [7, 11) is 1.97. The van der Waals surface area contributed by atoms with E-state index in [1.165, 1.54) is 10.9 Å². The number of Topliss-reactive ketones (excluding diaryl/α,β-unsaturated/α-hetero) is 1. The van der Waals surface area contributed by atoms with E-state index in [1.54, 1.807) is 0 Å². The van der Waals surface area contributed by atoms with Crippen molar-refractivity contribution >= 4 is 16.7 Å². The van der Waals surface area contributed by atoms with Crippen molar-refractivity contribution < 1.29 is 4.79 Å². The first-order chi connectivity index (χ1) is 10.2. The molecule has 1 aliphatic rings. The average Bonchev–Trinajstić information content (AvgIpc) is 3.03. The first-order valence-corrected chi connectivity index (χ1v) is 7.35. The Morgan fingerprint density at radius 1 is 1.19 bits per heavy atom. The van der Waals surface area contributed by atoms with E-state index in [2.05, 4.69) is 28.0 Å². The molecule has 4 rings (SSSR count). The topological polar surface area (TPSA) is 39.8 Å². The van der Waals surface area contributed by atoms with Crippen molar-refractivity contribution in [2.24, 2.45) is 7.05 Å². The third-order valence-electron chi connectivity index (χ3n) is 4.28. The number of hydrogen-bond acceptors (Lipinski definition) is 2. The minimum atomic E-state index is 0.279. The molecule has 1 aliphatic carbocycles. The number of rotatable bonds is 2. The van der Waals surface area contributed by atoms with Crippen LogP contribution in [0.4, 0.5) is 0 Å². The van der Waals surface area contributed by atoms with Gasteiger partial charge in [-0.3, -0.25) is 9.48 Å². The molecule has 106 valence electrons. The summed E-state index contributed by atoms with van der Waals surface area (Å²) < 4.78 is 4.02. The normalized spacial score (nSPS) is 14.6. The van der Waals surface area contributed by atoms with Gasteiger partial charge in [0.05, 0.1) is 17.8 Å². The first-order valence-electron chi connectivity index (χ1n) is 7.35. The van der Waals surface area contributed by atoms with Gasteiger partial charge in [-0.2, -0.15) is 5.10 Å². The van der Waals surface area contributed by atoms with Crippen LogP contribution in [0.25, 0.3) is 10.9 Å². The summed E-state index contributed by atoms with van der Waals surface area (Å²) in [6.45, 7) is 0.710. The number of nitrogens with zero attached hydrogens (tertiary/aromatic N) is 3. The van der Waals surface area contributed by atoms with Crippen molar-refractivity contribution in [3.63, 3.8) is 0 Å². The Morgan fingerprint density at radius 3 is 2.90 bits per heavy atom. The van der Waals surface area contributed by atoms with Crippen molar-refractivity contribution in [3.8, 4) is 0 Å². The molecule has 0 fully saturated rings. The van der Waals surface area contributed by atoms with Crippen molar-refractivity contribution in [3.05, 3.63) is 53.5 Å². The van der Waals surface area contributed by atoms with Crippen LogP contribution in [0.15, 0.2) is 36.7 Å². The number of aryl methyl sites for hydroxylation is 2. The molecule has 0 saturated heterocycles. The highest BCUT2D eigenvalue weighted by molar-refractivity contribution is 5.98. The Bertz CT molecular complexity index is 841. The lowest BCUT2D eigenvalue weighted by atomic mass is 9.95. The molecule has 0 amide bonds. The second-order valence-corrected chi connectivity index (χ2v) is 5.73. The van der Waals surface area contributed by atoms with Crippen LogP contribution in [0, 0.1) is 0 Å². The van der Waals surface area contributed by atoms with Gasteiger partial charge >= 0.3 is 0 Å². The fourth-order valence-electron chi connectivity index (χ4n) is 3.25. The van der Waals surface area contributed by atoms with Crippen molar-refractivity contribution in [1.29, 1.82) is 0 Å². The van der Waals surface area contributed by atoms with Gasteiger partial charge in [-0.25, -0.2) is 0 Å². The Balaban J connectivity index is 1.74. The molecule has 2 heterocycles. The average molecular weight is 279 g/mol. The fourth-order valence-corrected chi connectivity index (χ4v) is 3.25. The van der Waals surface area contributed by atoms with E-state index in [9.17, 15) is 4.79 Å². The molecule has 4 nitrogen and oxygen atoms in total. The molecular weight excluding hydrogens is 262 g/mol. The standard InChI is InChI=1S/C17H17N3O/c1-19-16-7-3-2-6-13(16)15(18-19)11-20-9-12-5-4-8-17(21)14(12)10-20/h2-3,6-7,9-10H,4-5,8,11H2,1H3. The van der Waals surface area contributed by atoms with Gasteiger partial charge in [0.2, 0.25) is 0 Å². The Kier molecular flexibility index (Phi) is 2.70. The first kappa shape index (κ1) is 12.4. The van der Waals surface area contributed by atoms with Crippen molar-refractivity contribution in [1.82, 2.24) is 14.3 Å². The third kappa shape index (κ3) is 1.98. The van der Waals surface area contributed by atoms with Crippen molar-refractivity contribution in [2.45, 2.75) is 25.8 Å². The number of carbonyl (C=O) groups is 1. The Hall–Kier alpha value is -2.36. The molecule has 4 heteroatoms.